The number of rotatable bonds is 8. The first-order valence-corrected chi connectivity index (χ1v) is 13.2. The summed E-state index contributed by atoms with van der Waals surface area (Å²) < 4.78 is 44.0. The number of nitrogens with zero attached hydrogens (tertiary/aromatic N) is 1. The lowest BCUT2D eigenvalue weighted by atomic mass is 10.0. The smallest absolute Gasteiger partial charge is 0.251 e. The Balaban J connectivity index is 1.27. The summed E-state index contributed by atoms with van der Waals surface area (Å²) in [5, 5.41) is 3.08. The van der Waals surface area contributed by atoms with E-state index in [1.807, 2.05) is 6.07 Å². The first-order valence-electron chi connectivity index (χ1n) is 11.6. The van der Waals surface area contributed by atoms with Crippen molar-refractivity contribution < 1.29 is 22.3 Å². The molecule has 8 heteroatoms. The Morgan fingerprint density at radius 1 is 1.00 bits per heavy atom. The summed E-state index contributed by atoms with van der Waals surface area (Å²) in [6.45, 7) is 2.25. The number of ether oxygens (including phenoxy) is 1. The van der Waals surface area contributed by atoms with Crippen LogP contribution >= 0.6 is 0 Å². The minimum absolute atomic E-state index is 0.0597. The number of sulfone groups is 1. The molecule has 1 saturated heterocycles. The number of carbonyl (C=O) groups is 1. The van der Waals surface area contributed by atoms with E-state index in [2.05, 4.69) is 10.2 Å². The fraction of sp³-hybridized carbons (Fsp3) is 0.296. The molecular formula is C27H29FN2O4S. The van der Waals surface area contributed by atoms with Crippen LogP contribution in [0.15, 0.2) is 77.7 Å². The predicted molar refractivity (Wildman–Crippen MR) is 132 cm³/mol. The Kier molecular flexibility index (Phi) is 7.83. The molecular weight excluding hydrogens is 467 g/mol. The van der Waals surface area contributed by atoms with E-state index in [1.165, 1.54) is 13.2 Å². The number of methoxy groups -OCH3 is 1. The molecule has 0 aliphatic carbocycles. The molecule has 1 aliphatic heterocycles. The van der Waals surface area contributed by atoms with Gasteiger partial charge in [-0.1, -0.05) is 36.4 Å². The van der Waals surface area contributed by atoms with Crippen LogP contribution in [0, 0.1) is 5.82 Å². The number of benzene rings is 3. The quantitative estimate of drug-likeness (QED) is 0.506. The van der Waals surface area contributed by atoms with Crippen LogP contribution in [-0.4, -0.2) is 45.5 Å². The Hall–Kier alpha value is -3.23. The van der Waals surface area contributed by atoms with E-state index in [4.69, 9.17) is 4.74 Å². The van der Waals surface area contributed by atoms with E-state index < -0.39 is 9.84 Å². The molecule has 0 aromatic heterocycles. The van der Waals surface area contributed by atoms with Gasteiger partial charge in [-0.2, -0.15) is 0 Å². The fourth-order valence-electron chi connectivity index (χ4n) is 4.25. The molecule has 1 N–H and O–H groups in total. The number of nitrogens with one attached hydrogen (secondary N) is 1. The van der Waals surface area contributed by atoms with E-state index in [0.717, 1.165) is 31.5 Å². The Morgan fingerprint density at radius 3 is 2.29 bits per heavy atom. The largest absolute Gasteiger partial charge is 0.494 e. The van der Waals surface area contributed by atoms with Gasteiger partial charge >= 0.3 is 0 Å². The maximum atomic E-state index is 13.9. The van der Waals surface area contributed by atoms with Gasteiger partial charge in [-0.25, -0.2) is 12.8 Å². The zero-order valence-electron chi connectivity index (χ0n) is 19.6. The molecule has 0 atom stereocenters. The molecule has 1 amide bonds. The number of carbonyl (C=O) groups excluding carboxylic acids is 1. The first kappa shape index (κ1) is 24.9. The second-order valence-electron chi connectivity index (χ2n) is 8.76. The second-order valence-corrected chi connectivity index (χ2v) is 10.8. The lowest BCUT2D eigenvalue weighted by Crippen LogP contribution is -2.44. The summed E-state index contributed by atoms with van der Waals surface area (Å²) in [5.74, 6) is -0.412. The van der Waals surface area contributed by atoms with Crippen molar-refractivity contribution in [1.82, 2.24) is 10.2 Å². The van der Waals surface area contributed by atoms with E-state index in [0.29, 0.717) is 17.7 Å². The lowest BCUT2D eigenvalue weighted by Gasteiger charge is -2.32. The number of amides is 1. The van der Waals surface area contributed by atoms with Gasteiger partial charge in [0.1, 0.15) is 0 Å². The Bertz CT molecular complexity index is 1260. The second kappa shape index (κ2) is 11.0. The van der Waals surface area contributed by atoms with Gasteiger partial charge in [0.25, 0.3) is 5.91 Å². The third kappa shape index (κ3) is 6.46. The molecule has 35 heavy (non-hydrogen) atoms. The van der Waals surface area contributed by atoms with Crippen molar-refractivity contribution in [2.75, 3.05) is 20.2 Å². The van der Waals surface area contributed by atoms with Crippen LogP contribution < -0.4 is 10.1 Å². The van der Waals surface area contributed by atoms with Crippen molar-refractivity contribution >= 4 is 15.7 Å². The third-order valence-electron chi connectivity index (χ3n) is 6.22. The average Bonchev–Trinajstić information content (AvgIpc) is 2.86. The molecule has 0 unspecified atom stereocenters. The monoisotopic (exact) mass is 496 g/mol. The van der Waals surface area contributed by atoms with Crippen molar-refractivity contribution in [1.29, 1.82) is 0 Å². The molecule has 4 rings (SSSR count). The minimum atomic E-state index is -3.44. The van der Waals surface area contributed by atoms with Crippen LogP contribution in [0.2, 0.25) is 0 Å². The highest BCUT2D eigenvalue weighted by Gasteiger charge is 2.22. The zero-order valence-corrected chi connectivity index (χ0v) is 20.4. The van der Waals surface area contributed by atoms with Gasteiger partial charge in [0.05, 0.1) is 17.8 Å². The van der Waals surface area contributed by atoms with E-state index in [9.17, 15) is 17.6 Å². The highest BCUT2D eigenvalue weighted by Crippen LogP contribution is 2.21. The highest BCUT2D eigenvalue weighted by atomic mass is 32.2. The normalized spacial score (nSPS) is 15.0. The maximum Gasteiger partial charge on any atom is 0.251 e. The average molecular weight is 497 g/mol. The molecule has 184 valence electrons. The van der Waals surface area contributed by atoms with Gasteiger partial charge in [0.2, 0.25) is 0 Å². The summed E-state index contributed by atoms with van der Waals surface area (Å²) in [6, 6.07) is 20.1. The van der Waals surface area contributed by atoms with Gasteiger partial charge in [-0.05, 0) is 60.4 Å². The van der Waals surface area contributed by atoms with Crippen LogP contribution in [-0.2, 0) is 22.1 Å². The molecule has 1 heterocycles. The van der Waals surface area contributed by atoms with Crippen molar-refractivity contribution in [3.8, 4) is 5.75 Å². The topological polar surface area (TPSA) is 75.7 Å². The number of halogens is 1. The summed E-state index contributed by atoms with van der Waals surface area (Å²) in [6.07, 6.45) is 1.61. The SMILES string of the molecule is COc1ccc(CN2CCC(NC(=O)c3ccc(CS(=O)(=O)c4ccccc4)cc3)CC2)cc1F. The lowest BCUT2D eigenvalue weighted by molar-refractivity contribution is 0.0909. The van der Waals surface area contributed by atoms with Crippen LogP contribution in [0.25, 0.3) is 0 Å². The molecule has 6 nitrogen and oxygen atoms in total. The van der Waals surface area contributed by atoms with Gasteiger partial charge in [-0.3, -0.25) is 9.69 Å². The molecule has 3 aromatic carbocycles. The first-order chi connectivity index (χ1) is 16.8. The number of likely N-dealkylation sites (tertiary alicyclic amines) is 1. The summed E-state index contributed by atoms with van der Waals surface area (Å²) >= 11 is 0. The van der Waals surface area contributed by atoms with Crippen molar-refractivity contribution in [2.45, 2.75) is 36.1 Å². The fourth-order valence-corrected chi connectivity index (χ4v) is 5.62. The number of hydrogen-bond donors (Lipinski definition) is 1. The van der Waals surface area contributed by atoms with E-state index >= 15 is 0 Å². The van der Waals surface area contributed by atoms with Crippen LogP contribution in [0.4, 0.5) is 4.39 Å². The predicted octanol–water partition coefficient (Wildman–Crippen LogP) is 4.20. The number of hydrogen-bond acceptors (Lipinski definition) is 5. The molecule has 3 aromatic rings. The Labute approximate surface area is 205 Å². The van der Waals surface area contributed by atoms with Crippen molar-refractivity contribution in [2.24, 2.45) is 0 Å². The van der Waals surface area contributed by atoms with Crippen molar-refractivity contribution in [3.63, 3.8) is 0 Å². The van der Waals surface area contributed by atoms with Gasteiger partial charge in [-0.15, -0.1) is 0 Å². The number of piperidine rings is 1. The van der Waals surface area contributed by atoms with Crippen LogP contribution in [0.1, 0.15) is 34.3 Å². The zero-order chi connectivity index (χ0) is 24.8. The molecule has 0 bridgehead atoms. The highest BCUT2D eigenvalue weighted by molar-refractivity contribution is 7.90. The molecule has 1 aliphatic rings. The van der Waals surface area contributed by atoms with Crippen LogP contribution in [0.3, 0.4) is 0 Å². The van der Waals surface area contributed by atoms with Gasteiger partial charge < -0.3 is 10.1 Å². The van der Waals surface area contributed by atoms with Gasteiger partial charge in [0, 0.05) is 31.2 Å². The third-order valence-corrected chi connectivity index (χ3v) is 7.92. The summed E-state index contributed by atoms with van der Waals surface area (Å²) in [4.78, 5) is 15.2. The Morgan fingerprint density at radius 2 is 1.66 bits per heavy atom. The van der Waals surface area contributed by atoms with E-state index in [1.54, 1.807) is 60.7 Å². The van der Waals surface area contributed by atoms with Gasteiger partial charge in [0.15, 0.2) is 21.4 Å². The van der Waals surface area contributed by atoms with Crippen molar-refractivity contribution in [3.05, 3.63) is 95.3 Å². The standard InChI is InChI=1S/C27H29FN2O4S/c1-34-26-12-9-21(17-25(26)28)18-30-15-13-23(14-16-30)29-27(31)22-10-7-20(8-11-22)19-35(32,33)24-5-3-2-4-6-24/h2-12,17,23H,13-16,18-19H2,1H3,(H,29,31). The van der Waals surface area contributed by atoms with E-state index in [-0.39, 0.29) is 34.2 Å². The summed E-state index contributed by atoms with van der Waals surface area (Å²) in [7, 11) is -1.99. The molecule has 1 fully saturated rings. The molecule has 0 radical (unpaired) electrons. The summed E-state index contributed by atoms with van der Waals surface area (Å²) in [5.41, 5.74) is 2.02. The van der Waals surface area contributed by atoms with Crippen LogP contribution in [0.5, 0.6) is 5.75 Å². The molecule has 0 spiro atoms. The maximum absolute atomic E-state index is 13.9. The minimum Gasteiger partial charge on any atom is -0.494 e. The molecule has 0 saturated carbocycles.